The van der Waals surface area contributed by atoms with Crippen LogP contribution in [-0.2, 0) is 4.74 Å². The van der Waals surface area contributed by atoms with Crippen molar-refractivity contribution in [3.05, 3.63) is 0 Å². The zero-order valence-electron chi connectivity index (χ0n) is 14.8. The normalized spacial score (nSPS) is 34.3. The summed E-state index contributed by atoms with van der Waals surface area (Å²) in [5.74, 6) is 0.917. The number of nitrogens with one attached hydrogen (secondary N) is 1. The van der Waals surface area contributed by atoms with E-state index in [4.69, 9.17) is 4.74 Å². The molecule has 0 aromatic heterocycles. The number of ether oxygens (including phenoxy) is 1. The topological polar surface area (TPSA) is 21.3 Å². The molecule has 2 fully saturated rings. The average Bonchev–Trinajstić information content (AvgIpc) is 2.92. The Labute approximate surface area is 132 Å². The second-order valence-electron chi connectivity index (χ2n) is 8.70. The van der Waals surface area contributed by atoms with E-state index in [-0.39, 0.29) is 0 Å². The Morgan fingerprint density at radius 3 is 2.38 bits per heavy atom. The molecule has 124 valence electrons. The second kappa shape index (κ2) is 7.46. The first-order valence-electron chi connectivity index (χ1n) is 9.21. The van der Waals surface area contributed by atoms with Gasteiger partial charge in [0.2, 0.25) is 0 Å². The minimum atomic E-state index is 0.490. The molecule has 1 atom stereocenters. The molecule has 1 saturated heterocycles. The fraction of sp³-hybridized carbons (Fsp3) is 1.00. The summed E-state index contributed by atoms with van der Waals surface area (Å²) in [6.07, 6.45) is 12.9. The van der Waals surface area contributed by atoms with Crippen molar-refractivity contribution in [3.63, 3.8) is 0 Å². The fourth-order valence-corrected chi connectivity index (χ4v) is 4.56. The fourth-order valence-electron chi connectivity index (χ4n) is 4.56. The summed E-state index contributed by atoms with van der Waals surface area (Å²) in [4.78, 5) is 0. The van der Waals surface area contributed by atoms with Crippen LogP contribution in [0.15, 0.2) is 0 Å². The monoisotopic (exact) mass is 295 g/mol. The van der Waals surface area contributed by atoms with Crippen molar-refractivity contribution in [3.8, 4) is 0 Å². The molecule has 2 nitrogen and oxygen atoms in total. The number of hydrogen-bond donors (Lipinski definition) is 1. The van der Waals surface area contributed by atoms with Crippen LogP contribution >= 0.6 is 0 Å². The van der Waals surface area contributed by atoms with Gasteiger partial charge in [-0.05, 0) is 75.2 Å². The first kappa shape index (κ1) is 17.3. The van der Waals surface area contributed by atoms with Crippen molar-refractivity contribution in [1.82, 2.24) is 5.32 Å². The van der Waals surface area contributed by atoms with Gasteiger partial charge in [-0.15, -0.1) is 0 Å². The predicted octanol–water partition coefficient (Wildman–Crippen LogP) is 4.78. The van der Waals surface area contributed by atoms with Gasteiger partial charge < -0.3 is 10.1 Å². The third kappa shape index (κ3) is 4.96. The van der Waals surface area contributed by atoms with Crippen molar-refractivity contribution in [2.75, 3.05) is 20.2 Å². The SMILES string of the molecule is CNCC1(CCCC2CCCO2)CCC(C(C)(C)C)CC1. The smallest absolute Gasteiger partial charge is 0.0576 e. The van der Waals surface area contributed by atoms with E-state index in [0.29, 0.717) is 16.9 Å². The average molecular weight is 296 g/mol. The molecule has 0 aromatic rings. The first-order chi connectivity index (χ1) is 9.95. The van der Waals surface area contributed by atoms with Crippen LogP contribution in [0, 0.1) is 16.7 Å². The maximum Gasteiger partial charge on any atom is 0.0576 e. The molecule has 2 aliphatic rings. The van der Waals surface area contributed by atoms with Gasteiger partial charge >= 0.3 is 0 Å². The molecule has 1 heterocycles. The third-order valence-corrected chi connectivity index (χ3v) is 6.08. The second-order valence-corrected chi connectivity index (χ2v) is 8.70. The molecule has 1 N–H and O–H groups in total. The summed E-state index contributed by atoms with van der Waals surface area (Å²) in [7, 11) is 2.12. The van der Waals surface area contributed by atoms with E-state index >= 15 is 0 Å². The summed E-state index contributed by atoms with van der Waals surface area (Å²) in [5, 5.41) is 3.48. The Morgan fingerprint density at radius 1 is 1.14 bits per heavy atom. The molecule has 0 aromatic carbocycles. The van der Waals surface area contributed by atoms with Crippen LogP contribution in [0.2, 0.25) is 0 Å². The molecule has 1 unspecified atom stereocenters. The van der Waals surface area contributed by atoms with Crippen LogP contribution in [0.5, 0.6) is 0 Å². The van der Waals surface area contributed by atoms with Crippen molar-refractivity contribution in [2.45, 2.75) is 84.7 Å². The lowest BCUT2D eigenvalue weighted by atomic mass is 9.62. The van der Waals surface area contributed by atoms with Gasteiger partial charge in [0.25, 0.3) is 0 Å². The minimum absolute atomic E-state index is 0.490. The van der Waals surface area contributed by atoms with E-state index in [2.05, 4.69) is 33.1 Å². The van der Waals surface area contributed by atoms with Crippen molar-refractivity contribution < 1.29 is 4.74 Å². The highest BCUT2D eigenvalue weighted by Gasteiger charge is 2.38. The van der Waals surface area contributed by atoms with Gasteiger partial charge in [0, 0.05) is 13.2 Å². The van der Waals surface area contributed by atoms with Crippen molar-refractivity contribution in [1.29, 1.82) is 0 Å². The van der Waals surface area contributed by atoms with E-state index in [9.17, 15) is 0 Å². The zero-order valence-corrected chi connectivity index (χ0v) is 14.8. The van der Waals surface area contributed by atoms with E-state index < -0.39 is 0 Å². The van der Waals surface area contributed by atoms with Crippen LogP contribution < -0.4 is 5.32 Å². The van der Waals surface area contributed by atoms with E-state index in [1.54, 1.807) is 0 Å². The standard InChI is InChI=1S/C19H37NO/c1-18(2,3)16-9-12-19(13-10-16,15-20-4)11-5-7-17-8-6-14-21-17/h16-17,20H,5-15H2,1-4H3. The molecule has 0 bridgehead atoms. The van der Waals surface area contributed by atoms with Crippen LogP contribution in [0.25, 0.3) is 0 Å². The first-order valence-corrected chi connectivity index (χ1v) is 9.21. The van der Waals surface area contributed by atoms with Crippen LogP contribution in [0.4, 0.5) is 0 Å². The Hall–Kier alpha value is -0.0800. The molecule has 21 heavy (non-hydrogen) atoms. The maximum absolute atomic E-state index is 5.78. The van der Waals surface area contributed by atoms with E-state index in [0.717, 1.165) is 12.5 Å². The van der Waals surface area contributed by atoms with Gasteiger partial charge in [-0.25, -0.2) is 0 Å². The molecule has 1 aliphatic heterocycles. The quantitative estimate of drug-likeness (QED) is 0.761. The highest BCUT2D eigenvalue weighted by Crippen LogP contribution is 2.47. The molecule has 2 heteroatoms. The predicted molar refractivity (Wildman–Crippen MR) is 90.6 cm³/mol. The summed E-state index contributed by atoms with van der Waals surface area (Å²) in [5.41, 5.74) is 1.05. The zero-order chi connectivity index (χ0) is 15.3. The van der Waals surface area contributed by atoms with Gasteiger partial charge in [0.05, 0.1) is 6.10 Å². The Morgan fingerprint density at radius 2 is 1.86 bits per heavy atom. The third-order valence-electron chi connectivity index (χ3n) is 6.08. The largest absolute Gasteiger partial charge is 0.378 e. The number of hydrogen-bond acceptors (Lipinski definition) is 2. The van der Waals surface area contributed by atoms with Crippen molar-refractivity contribution >= 4 is 0 Å². The van der Waals surface area contributed by atoms with Gasteiger partial charge in [-0.2, -0.15) is 0 Å². The molecule has 1 aliphatic carbocycles. The van der Waals surface area contributed by atoms with Gasteiger partial charge in [0.15, 0.2) is 0 Å². The van der Waals surface area contributed by atoms with Gasteiger partial charge in [-0.1, -0.05) is 27.2 Å². The Kier molecular flexibility index (Phi) is 6.14. The van der Waals surface area contributed by atoms with E-state index in [1.165, 1.54) is 64.3 Å². The molecule has 0 amide bonds. The lowest BCUT2D eigenvalue weighted by Gasteiger charge is -2.44. The molecular formula is C19H37NO. The molecule has 1 saturated carbocycles. The highest BCUT2D eigenvalue weighted by molar-refractivity contribution is 4.90. The molecular weight excluding hydrogens is 258 g/mol. The summed E-state index contributed by atoms with van der Waals surface area (Å²) < 4.78 is 5.78. The minimum Gasteiger partial charge on any atom is -0.378 e. The lowest BCUT2D eigenvalue weighted by molar-refractivity contribution is 0.0678. The summed E-state index contributed by atoms with van der Waals surface area (Å²) in [6, 6.07) is 0. The molecule has 0 radical (unpaired) electrons. The number of rotatable bonds is 6. The van der Waals surface area contributed by atoms with Gasteiger partial charge in [0.1, 0.15) is 0 Å². The highest BCUT2D eigenvalue weighted by atomic mass is 16.5. The van der Waals surface area contributed by atoms with Crippen LogP contribution in [-0.4, -0.2) is 26.3 Å². The van der Waals surface area contributed by atoms with Crippen LogP contribution in [0.3, 0.4) is 0 Å². The Balaban J connectivity index is 1.80. The Bertz CT molecular complexity index is 293. The lowest BCUT2D eigenvalue weighted by Crippen LogP contribution is -2.39. The summed E-state index contributed by atoms with van der Waals surface area (Å²) in [6.45, 7) is 9.45. The molecule has 0 spiro atoms. The maximum atomic E-state index is 5.78. The van der Waals surface area contributed by atoms with Crippen LogP contribution in [0.1, 0.15) is 78.6 Å². The van der Waals surface area contributed by atoms with Crippen molar-refractivity contribution in [2.24, 2.45) is 16.7 Å². The van der Waals surface area contributed by atoms with Gasteiger partial charge in [-0.3, -0.25) is 0 Å². The van der Waals surface area contributed by atoms with E-state index in [1.807, 2.05) is 0 Å². The molecule has 2 rings (SSSR count). The summed E-state index contributed by atoms with van der Waals surface area (Å²) >= 11 is 0.